The van der Waals surface area contributed by atoms with Crippen LogP contribution in [0.15, 0.2) is 53.5 Å². The Bertz CT molecular complexity index is 608. The molecule has 0 spiro atoms. The number of benzene rings is 2. The summed E-state index contributed by atoms with van der Waals surface area (Å²) in [7, 11) is 0. The van der Waals surface area contributed by atoms with E-state index in [-0.39, 0.29) is 11.3 Å². The van der Waals surface area contributed by atoms with E-state index in [0.717, 1.165) is 0 Å². The van der Waals surface area contributed by atoms with Gasteiger partial charge in [0.2, 0.25) is 0 Å². The predicted octanol–water partition coefficient (Wildman–Crippen LogP) is 3.27. The van der Waals surface area contributed by atoms with Crippen LogP contribution in [0.25, 0.3) is 0 Å². The second-order valence-corrected chi connectivity index (χ2v) is 3.60. The minimum Gasteiger partial charge on any atom is -0.478 e. The molecule has 0 saturated heterocycles. The van der Waals surface area contributed by atoms with Crippen molar-refractivity contribution in [1.82, 2.24) is 0 Å². The van der Waals surface area contributed by atoms with Crippen molar-refractivity contribution in [2.45, 2.75) is 0 Å². The van der Waals surface area contributed by atoms with Crippen LogP contribution in [0.4, 0.5) is 10.1 Å². The first-order valence-electron chi connectivity index (χ1n) is 5.29. The Hall–Kier alpha value is -2.49. The highest BCUT2D eigenvalue weighted by Crippen LogP contribution is 2.16. The molecule has 0 fully saturated rings. The lowest BCUT2D eigenvalue weighted by Gasteiger charge is -2.00. The van der Waals surface area contributed by atoms with Crippen molar-refractivity contribution in [2.75, 3.05) is 0 Å². The smallest absolute Gasteiger partial charge is 0.336 e. The van der Waals surface area contributed by atoms with Gasteiger partial charge in [-0.25, -0.2) is 9.18 Å². The maximum absolute atomic E-state index is 13.3. The Morgan fingerprint density at radius 3 is 2.50 bits per heavy atom. The summed E-state index contributed by atoms with van der Waals surface area (Å²) < 4.78 is 13.3. The SMILES string of the molecule is O=C(O)c1ccccc1/C=N\c1ccccc1F. The van der Waals surface area contributed by atoms with Crippen LogP contribution >= 0.6 is 0 Å². The van der Waals surface area contributed by atoms with Crippen LogP contribution in [-0.4, -0.2) is 17.3 Å². The number of hydrogen-bond acceptors (Lipinski definition) is 2. The number of aliphatic imine (C=N–C) groups is 1. The minimum absolute atomic E-state index is 0.137. The third-order valence-corrected chi connectivity index (χ3v) is 2.39. The highest BCUT2D eigenvalue weighted by Gasteiger charge is 2.06. The zero-order valence-corrected chi connectivity index (χ0v) is 9.38. The van der Waals surface area contributed by atoms with Gasteiger partial charge in [0.05, 0.1) is 11.3 Å². The number of nitrogens with zero attached hydrogens (tertiary/aromatic N) is 1. The summed E-state index contributed by atoms with van der Waals surface area (Å²) in [6, 6.07) is 12.5. The monoisotopic (exact) mass is 243 g/mol. The third-order valence-electron chi connectivity index (χ3n) is 2.39. The third kappa shape index (κ3) is 2.60. The lowest BCUT2D eigenvalue weighted by atomic mass is 10.1. The van der Waals surface area contributed by atoms with Crippen LogP contribution in [0, 0.1) is 5.82 Å². The van der Waals surface area contributed by atoms with Crippen LogP contribution in [0.5, 0.6) is 0 Å². The van der Waals surface area contributed by atoms with Crippen LogP contribution in [0.3, 0.4) is 0 Å². The number of halogens is 1. The molecule has 0 aliphatic carbocycles. The van der Waals surface area contributed by atoms with E-state index in [2.05, 4.69) is 4.99 Å². The largest absolute Gasteiger partial charge is 0.478 e. The first-order chi connectivity index (χ1) is 8.68. The Kier molecular flexibility index (Phi) is 3.48. The lowest BCUT2D eigenvalue weighted by molar-refractivity contribution is 0.0697. The molecule has 2 aromatic carbocycles. The Balaban J connectivity index is 2.35. The Labute approximate surface area is 103 Å². The van der Waals surface area contributed by atoms with Crippen molar-refractivity contribution < 1.29 is 14.3 Å². The number of aromatic carboxylic acids is 1. The highest BCUT2D eigenvalue weighted by molar-refractivity contribution is 5.98. The molecule has 0 heterocycles. The fraction of sp³-hybridized carbons (Fsp3) is 0. The fourth-order valence-electron chi connectivity index (χ4n) is 1.50. The number of hydrogen-bond donors (Lipinski definition) is 1. The molecule has 2 aromatic rings. The average Bonchev–Trinajstić information content (AvgIpc) is 2.38. The van der Waals surface area contributed by atoms with Crippen LogP contribution in [0.2, 0.25) is 0 Å². The fourth-order valence-corrected chi connectivity index (χ4v) is 1.50. The molecule has 4 heteroatoms. The predicted molar refractivity (Wildman–Crippen MR) is 67.1 cm³/mol. The summed E-state index contributed by atoms with van der Waals surface area (Å²) in [5, 5.41) is 8.98. The van der Waals surface area contributed by atoms with Gasteiger partial charge in [-0.1, -0.05) is 30.3 Å². The molecule has 0 radical (unpaired) electrons. The Morgan fingerprint density at radius 2 is 1.78 bits per heavy atom. The van der Waals surface area contributed by atoms with Gasteiger partial charge < -0.3 is 5.11 Å². The topological polar surface area (TPSA) is 49.7 Å². The molecular weight excluding hydrogens is 233 g/mol. The van der Waals surface area contributed by atoms with Crippen molar-refractivity contribution in [2.24, 2.45) is 4.99 Å². The first-order valence-corrected chi connectivity index (χ1v) is 5.29. The quantitative estimate of drug-likeness (QED) is 0.841. The summed E-state index contributed by atoms with van der Waals surface area (Å²) in [5.41, 5.74) is 0.753. The molecule has 0 aliphatic heterocycles. The molecule has 90 valence electrons. The average molecular weight is 243 g/mol. The van der Waals surface area contributed by atoms with Gasteiger partial charge in [-0.05, 0) is 18.2 Å². The van der Waals surface area contributed by atoms with E-state index < -0.39 is 11.8 Å². The van der Waals surface area contributed by atoms with E-state index in [1.54, 1.807) is 30.3 Å². The van der Waals surface area contributed by atoms with Crippen molar-refractivity contribution in [1.29, 1.82) is 0 Å². The maximum Gasteiger partial charge on any atom is 0.336 e. The van der Waals surface area contributed by atoms with Gasteiger partial charge in [0.1, 0.15) is 5.82 Å². The number of carboxylic acids is 1. The van der Waals surface area contributed by atoms with Gasteiger partial charge in [-0.2, -0.15) is 0 Å². The van der Waals surface area contributed by atoms with E-state index in [1.807, 2.05) is 0 Å². The van der Waals surface area contributed by atoms with Crippen LogP contribution in [-0.2, 0) is 0 Å². The summed E-state index contributed by atoms with van der Waals surface area (Å²) in [6.07, 6.45) is 1.35. The summed E-state index contributed by atoms with van der Waals surface area (Å²) in [4.78, 5) is 14.9. The van der Waals surface area contributed by atoms with E-state index in [1.165, 1.54) is 24.4 Å². The minimum atomic E-state index is -1.04. The van der Waals surface area contributed by atoms with Gasteiger partial charge in [0.25, 0.3) is 0 Å². The molecule has 0 saturated carbocycles. The van der Waals surface area contributed by atoms with E-state index in [0.29, 0.717) is 5.56 Å². The number of carbonyl (C=O) groups is 1. The number of para-hydroxylation sites is 1. The van der Waals surface area contributed by atoms with Crippen LogP contribution < -0.4 is 0 Å². The molecule has 18 heavy (non-hydrogen) atoms. The molecule has 2 rings (SSSR count). The van der Waals surface area contributed by atoms with E-state index in [9.17, 15) is 9.18 Å². The van der Waals surface area contributed by atoms with Gasteiger partial charge >= 0.3 is 5.97 Å². The molecule has 3 nitrogen and oxygen atoms in total. The van der Waals surface area contributed by atoms with E-state index in [4.69, 9.17) is 5.11 Å². The molecule has 0 amide bonds. The lowest BCUT2D eigenvalue weighted by Crippen LogP contribution is -2.01. The van der Waals surface area contributed by atoms with Crippen molar-refractivity contribution in [3.63, 3.8) is 0 Å². The van der Waals surface area contributed by atoms with Gasteiger partial charge in [0, 0.05) is 11.8 Å². The van der Waals surface area contributed by atoms with E-state index >= 15 is 0 Å². The van der Waals surface area contributed by atoms with Crippen LogP contribution in [0.1, 0.15) is 15.9 Å². The summed E-state index contributed by atoms with van der Waals surface area (Å²) in [5.74, 6) is -1.48. The molecular formula is C14H10FNO2. The Morgan fingerprint density at radius 1 is 1.11 bits per heavy atom. The van der Waals surface area contributed by atoms with Crippen molar-refractivity contribution in [3.05, 3.63) is 65.5 Å². The molecule has 0 aromatic heterocycles. The molecule has 1 N–H and O–H groups in total. The van der Waals surface area contributed by atoms with Crippen molar-refractivity contribution in [3.8, 4) is 0 Å². The van der Waals surface area contributed by atoms with Gasteiger partial charge in [-0.3, -0.25) is 4.99 Å². The molecule has 0 aliphatic rings. The second-order valence-electron chi connectivity index (χ2n) is 3.60. The zero-order chi connectivity index (χ0) is 13.0. The summed E-state index contributed by atoms with van der Waals surface area (Å²) in [6.45, 7) is 0. The standard InChI is InChI=1S/C14H10FNO2/c15-12-7-3-4-8-13(12)16-9-10-5-1-2-6-11(10)14(17)18/h1-9H,(H,17,18)/b16-9-. The van der Waals surface area contributed by atoms with Crippen molar-refractivity contribution >= 4 is 17.9 Å². The second kappa shape index (κ2) is 5.23. The number of rotatable bonds is 3. The molecule has 0 bridgehead atoms. The summed E-state index contributed by atoms with van der Waals surface area (Å²) >= 11 is 0. The highest BCUT2D eigenvalue weighted by atomic mass is 19.1. The number of carboxylic acid groups (broad SMARTS) is 1. The molecule has 0 atom stereocenters. The zero-order valence-electron chi connectivity index (χ0n) is 9.38. The first kappa shape index (κ1) is 12.0. The van der Waals surface area contributed by atoms with Gasteiger partial charge in [0.15, 0.2) is 0 Å². The normalized spacial score (nSPS) is 10.7. The van der Waals surface area contributed by atoms with Gasteiger partial charge in [-0.15, -0.1) is 0 Å². The maximum atomic E-state index is 13.3. The molecule has 0 unspecified atom stereocenters.